The molecule has 2 aliphatic heterocycles. The van der Waals surface area contributed by atoms with Crippen LogP contribution in [0.3, 0.4) is 0 Å². The molecule has 2 aliphatic rings. The van der Waals surface area contributed by atoms with Gasteiger partial charge in [0.15, 0.2) is 0 Å². The standard InChI is InChI=1S/C28H35N3O7S2/c1-29-39(33,34)25-9-5-8-24(16-25)37-20-23(32)18-30-22-17-28(38-19-22)12-14-31(15-13-28)40(35,36)27-11-4-7-21-6-2-3-10-26(21)27/h2-11,16,22-23,29-30,32H,12-15,17-20H2,1H3/t22?,23-/m0/s1. The molecule has 0 bridgehead atoms. The van der Waals surface area contributed by atoms with Crippen LogP contribution in [0.1, 0.15) is 19.3 Å². The molecule has 3 aromatic rings. The summed E-state index contributed by atoms with van der Waals surface area (Å²) in [4.78, 5) is 0.421. The normalized spacial score (nSPS) is 20.6. The highest BCUT2D eigenvalue weighted by Gasteiger charge is 2.44. The summed E-state index contributed by atoms with van der Waals surface area (Å²) in [5, 5.41) is 15.4. The van der Waals surface area contributed by atoms with Crippen molar-refractivity contribution >= 4 is 30.8 Å². The van der Waals surface area contributed by atoms with Crippen LogP contribution in [-0.2, 0) is 24.8 Å². The van der Waals surface area contributed by atoms with Gasteiger partial charge in [-0.1, -0.05) is 42.5 Å². The van der Waals surface area contributed by atoms with Crippen LogP contribution >= 0.6 is 0 Å². The minimum atomic E-state index is -3.63. The molecule has 216 valence electrons. The van der Waals surface area contributed by atoms with Gasteiger partial charge in [0.2, 0.25) is 20.0 Å². The fourth-order valence-electron chi connectivity index (χ4n) is 5.42. The molecular weight excluding hydrogens is 554 g/mol. The Bertz CT molecular complexity index is 1550. The molecule has 2 saturated heterocycles. The third kappa shape index (κ3) is 6.18. The number of ether oxygens (including phenoxy) is 2. The lowest BCUT2D eigenvalue weighted by Crippen LogP contribution is -2.47. The molecule has 5 rings (SSSR count). The van der Waals surface area contributed by atoms with E-state index in [4.69, 9.17) is 9.47 Å². The monoisotopic (exact) mass is 589 g/mol. The van der Waals surface area contributed by atoms with Crippen molar-refractivity contribution in [2.75, 3.05) is 39.9 Å². The van der Waals surface area contributed by atoms with Crippen molar-refractivity contribution in [3.8, 4) is 5.75 Å². The topological polar surface area (TPSA) is 134 Å². The predicted molar refractivity (Wildman–Crippen MR) is 151 cm³/mol. The Hall–Kier alpha value is -2.58. The van der Waals surface area contributed by atoms with E-state index in [1.54, 1.807) is 28.6 Å². The third-order valence-electron chi connectivity index (χ3n) is 7.68. The molecule has 2 atom stereocenters. The van der Waals surface area contributed by atoms with Crippen molar-refractivity contribution in [2.45, 2.75) is 46.8 Å². The largest absolute Gasteiger partial charge is 0.491 e. The lowest BCUT2D eigenvalue weighted by Gasteiger charge is -2.38. The molecular formula is C28H35N3O7S2. The van der Waals surface area contributed by atoms with Crippen molar-refractivity contribution in [3.05, 3.63) is 66.7 Å². The molecule has 2 fully saturated rings. The van der Waals surface area contributed by atoms with E-state index in [0.717, 1.165) is 17.2 Å². The van der Waals surface area contributed by atoms with Gasteiger partial charge in [-0.3, -0.25) is 0 Å². The molecule has 2 heterocycles. The SMILES string of the molecule is CNS(=O)(=O)c1cccc(OC[C@@H](O)CNC2COC3(CCN(S(=O)(=O)c4cccc5ccccc45)CC3)C2)c1. The van der Waals surface area contributed by atoms with Gasteiger partial charge in [0.05, 0.1) is 22.0 Å². The van der Waals surface area contributed by atoms with E-state index in [9.17, 15) is 21.9 Å². The zero-order valence-corrected chi connectivity index (χ0v) is 24.0. The maximum atomic E-state index is 13.5. The average molecular weight is 590 g/mol. The number of aliphatic hydroxyl groups is 1. The van der Waals surface area contributed by atoms with Crippen LogP contribution < -0.4 is 14.8 Å². The van der Waals surface area contributed by atoms with Crippen LogP contribution in [0.15, 0.2) is 76.5 Å². The van der Waals surface area contributed by atoms with Gasteiger partial charge in [0.25, 0.3) is 0 Å². The van der Waals surface area contributed by atoms with E-state index < -0.39 is 26.2 Å². The van der Waals surface area contributed by atoms with Crippen LogP contribution in [0, 0.1) is 0 Å². The van der Waals surface area contributed by atoms with Crippen LogP contribution in [0.5, 0.6) is 5.75 Å². The first kappa shape index (κ1) is 28.9. The summed E-state index contributed by atoms with van der Waals surface area (Å²) in [6.07, 6.45) is 1.13. The van der Waals surface area contributed by atoms with Crippen molar-refractivity contribution in [3.63, 3.8) is 0 Å². The molecule has 3 N–H and O–H groups in total. The van der Waals surface area contributed by atoms with E-state index in [-0.39, 0.29) is 29.7 Å². The third-order valence-corrected chi connectivity index (χ3v) is 11.0. The first-order valence-electron chi connectivity index (χ1n) is 13.3. The molecule has 1 unspecified atom stereocenters. The van der Waals surface area contributed by atoms with Gasteiger partial charge >= 0.3 is 0 Å². The highest BCUT2D eigenvalue weighted by molar-refractivity contribution is 7.89. The number of fused-ring (bicyclic) bond motifs is 1. The number of sulfonamides is 2. The number of hydrogen-bond donors (Lipinski definition) is 3. The number of nitrogens with zero attached hydrogens (tertiary/aromatic N) is 1. The summed E-state index contributed by atoms with van der Waals surface area (Å²) in [5.41, 5.74) is -0.386. The Morgan fingerprint density at radius 3 is 2.55 bits per heavy atom. The minimum absolute atomic E-state index is 0.00420. The van der Waals surface area contributed by atoms with Crippen molar-refractivity contribution in [1.82, 2.24) is 14.3 Å². The van der Waals surface area contributed by atoms with Gasteiger partial charge in [-0.15, -0.1) is 0 Å². The van der Waals surface area contributed by atoms with Crippen LogP contribution in [0.2, 0.25) is 0 Å². The highest BCUT2D eigenvalue weighted by Crippen LogP contribution is 2.38. The van der Waals surface area contributed by atoms with E-state index >= 15 is 0 Å². The number of rotatable bonds is 10. The van der Waals surface area contributed by atoms with Gasteiger partial charge in [-0.2, -0.15) is 4.31 Å². The molecule has 10 nitrogen and oxygen atoms in total. The summed E-state index contributed by atoms with van der Waals surface area (Å²) >= 11 is 0. The second-order valence-corrected chi connectivity index (χ2v) is 14.1. The Balaban J connectivity index is 1.11. The Morgan fingerprint density at radius 2 is 1.77 bits per heavy atom. The second-order valence-electron chi connectivity index (χ2n) is 10.3. The minimum Gasteiger partial charge on any atom is -0.491 e. The Morgan fingerprint density at radius 1 is 1.05 bits per heavy atom. The molecule has 3 aromatic carbocycles. The Kier molecular flexibility index (Phi) is 8.48. The lowest BCUT2D eigenvalue weighted by molar-refractivity contribution is -0.0312. The number of nitrogens with one attached hydrogen (secondary N) is 2. The predicted octanol–water partition coefficient (Wildman–Crippen LogP) is 2.09. The quantitative estimate of drug-likeness (QED) is 0.327. The molecule has 0 amide bonds. The molecule has 0 aliphatic carbocycles. The van der Waals surface area contributed by atoms with Gasteiger partial charge in [-0.05, 0) is 49.9 Å². The van der Waals surface area contributed by atoms with Crippen molar-refractivity contribution in [2.24, 2.45) is 0 Å². The smallest absolute Gasteiger partial charge is 0.243 e. The van der Waals surface area contributed by atoms with Crippen molar-refractivity contribution < 1.29 is 31.4 Å². The van der Waals surface area contributed by atoms with Gasteiger partial charge < -0.3 is 19.9 Å². The number of hydrogen-bond acceptors (Lipinski definition) is 8. The fraction of sp³-hybridized carbons (Fsp3) is 0.429. The van der Waals surface area contributed by atoms with Crippen LogP contribution in [-0.4, -0.2) is 83.9 Å². The van der Waals surface area contributed by atoms with Gasteiger partial charge in [0, 0.05) is 37.1 Å². The van der Waals surface area contributed by atoms with E-state index in [2.05, 4.69) is 10.0 Å². The zero-order chi connectivity index (χ0) is 28.4. The molecule has 0 aromatic heterocycles. The summed E-state index contributed by atoms with van der Waals surface area (Å²) in [6.45, 7) is 1.53. The second kappa shape index (κ2) is 11.7. The Labute approximate surface area is 235 Å². The number of aliphatic hydroxyl groups excluding tert-OH is 1. The maximum Gasteiger partial charge on any atom is 0.243 e. The number of benzene rings is 3. The first-order valence-corrected chi connectivity index (χ1v) is 16.2. The highest BCUT2D eigenvalue weighted by atomic mass is 32.2. The first-order chi connectivity index (χ1) is 19.1. The molecule has 12 heteroatoms. The summed E-state index contributed by atoms with van der Waals surface area (Å²) in [7, 11) is -5.88. The zero-order valence-electron chi connectivity index (χ0n) is 22.3. The van der Waals surface area contributed by atoms with Crippen molar-refractivity contribution in [1.29, 1.82) is 0 Å². The summed E-state index contributed by atoms with van der Waals surface area (Å²) < 4.78 is 66.6. The molecule has 1 spiro atoms. The average Bonchev–Trinajstić information content (AvgIpc) is 3.37. The van der Waals surface area contributed by atoms with E-state index in [0.29, 0.717) is 43.2 Å². The van der Waals surface area contributed by atoms with E-state index in [1.165, 1.54) is 19.2 Å². The fourth-order valence-corrected chi connectivity index (χ4v) is 7.84. The van der Waals surface area contributed by atoms with Gasteiger partial charge in [0.1, 0.15) is 18.5 Å². The summed E-state index contributed by atoms with van der Waals surface area (Å²) in [5.74, 6) is 0.351. The maximum absolute atomic E-state index is 13.5. The lowest BCUT2D eigenvalue weighted by atomic mass is 9.88. The van der Waals surface area contributed by atoms with Crippen LogP contribution in [0.4, 0.5) is 0 Å². The summed E-state index contributed by atoms with van der Waals surface area (Å²) in [6, 6.07) is 19.0. The van der Waals surface area contributed by atoms with Crippen LogP contribution in [0.25, 0.3) is 10.8 Å². The van der Waals surface area contributed by atoms with Gasteiger partial charge in [-0.25, -0.2) is 21.6 Å². The van der Waals surface area contributed by atoms with E-state index in [1.807, 2.05) is 30.3 Å². The number of piperidine rings is 1. The molecule has 0 saturated carbocycles. The molecule has 40 heavy (non-hydrogen) atoms. The molecule has 0 radical (unpaired) electrons.